The minimum atomic E-state index is 0.844. The monoisotopic (exact) mass is 246 g/mol. The Morgan fingerprint density at radius 2 is 2.11 bits per heavy atom. The molecule has 0 fully saturated rings. The van der Waals surface area contributed by atoms with Crippen LogP contribution in [-0.4, -0.2) is 31.5 Å². The van der Waals surface area contributed by atoms with E-state index in [0.29, 0.717) is 0 Å². The fraction of sp³-hybridized carbons (Fsp3) is 0.500. The number of hydrogen-bond donors (Lipinski definition) is 1. The molecule has 2 aromatic rings. The molecule has 2 rings (SSSR count). The summed E-state index contributed by atoms with van der Waals surface area (Å²) < 4.78 is 1.73. The van der Waals surface area contributed by atoms with E-state index in [1.54, 1.807) is 17.2 Å². The Balaban J connectivity index is 2.52. The maximum atomic E-state index is 4.39. The van der Waals surface area contributed by atoms with Crippen molar-refractivity contribution in [3.63, 3.8) is 0 Å². The van der Waals surface area contributed by atoms with Crippen LogP contribution in [-0.2, 0) is 13.5 Å². The smallest absolute Gasteiger partial charge is 0.133 e. The van der Waals surface area contributed by atoms with Gasteiger partial charge in [-0.25, -0.2) is 14.6 Å². The van der Waals surface area contributed by atoms with Gasteiger partial charge in [-0.05, 0) is 13.3 Å². The second-order valence-corrected chi connectivity index (χ2v) is 4.07. The predicted octanol–water partition coefficient (Wildman–Crippen LogP) is 1.66. The first-order chi connectivity index (χ1) is 8.77. The standard InChI is InChI=1S/C12H18N6/c1-4-6-9-11(10-7-16-17-18(10)3)14-8-15-12(9)13-5-2/h7-8H,4-6H2,1-3H3,(H,13,14,15). The van der Waals surface area contributed by atoms with E-state index < -0.39 is 0 Å². The number of nitrogens with one attached hydrogen (secondary N) is 1. The Morgan fingerprint density at radius 3 is 2.72 bits per heavy atom. The Kier molecular flexibility index (Phi) is 3.86. The lowest BCUT2D eigenvalue weighted by Crippen LogP contribution is -2.07. The van der Waals surface area contributed by atoms with Crippen molar-refractivity contribution in [1.29, 1.82) is 0 Å². The summed E-state index contributed by atoms with van der Waals surface area (Å²) in [5.41, 5.74) is 2.96. The molecule has 0 saturated heterocycles. The molecule has 0 atom stereocenters. The summed E-state index contributed by atoms with van der Waals surface area (Å²) >= 11 is 0. The van der Waals surface area contributed by atoms with Crippen LogP contribution >= 0.6 is 0 Å². The maximum Gasteiger partial charge on any atom is 0.133 e. The third-order valence-electron chi connectivity index (χ3n) is 2.75. The third kappa shape index (κ3) is 2.32. The molecule has 0 radical (unpaired) electrons. The lowest BCUT2D eigenvalue weighted by molar-refractivity contribution is 0.717. The summed E-state index contributed by atoms with van der Waals surface area (Å²) in [7, 11) is 1.87. The van der Waals surface area contributed by atoms with Crippen molar-refractivity contribution in [2.45, 2.75) is 26.7 Å². The molecule has 0 saturated carbocycles. The zero-order valence-corrected chi connectivity index (χ0v) is 11.0. The van der Waals surface area contributed by atoms with Crippen LogP contribution < -0.4 is 5.32 Å². The first-order valence-electron chi connectivity index (χ1n) is 6.20. The summed E-state index contributed by atoms with van der Waals surface area (Å²) in [6, 6.07) is 0. The average molecular weight is 246 g/mol. The van der Waals surface area contributed by atoms with E-state index >= 15 is 0 Å². The molecule has 96 valence electrons. The van der Waals surface area contributed by atoms with Crippen molar-refractivity contribution in [3.8, 4) is 11.4 Å². The van der Waals surface area contributed by atoms with Gasteiger partial charge in [0.1, 0.15) is 17.8 Å². The van der Waals surface area contributed by atoms with Gasteiger partial charge in [0.05, 0.1) is 11.9 Å². The average Bonchev–Trinajstić information content (AvgIpc) is 2.78. The van der Waals surface area contributed by atoms with Crippen LogP contribution in [0.1, 0.15) is 25.8 Å². The van der Waals surface area contributed by atoms with E-state index in [9.17, 15) is 0 Å². The maximum absolute atomic E-state index is 4.39. The Labute approximate surface area is 106 Å². The number of aryl methyl sites for hydroxylation is 1. The summed E-state index contributed by atoms with van der Waals surface area (Å²) in [5.74, 6) is 0.908. The van der Waals surface area contributed by atoms with Gasteiger partial charge in [0.15, 0.2) is 0 Å². The normalized spacial score (nSPS) is 10.6. The van der Waals surface area contributed by atoms with E-state index in [1.165, 1.54) is 0 Å². The predicted molar refractivity (Wildman–Crippen MR) is 70.2 cm³/mol. The van der Waals surface area contributed by atoms with E-state index in [1.807, 2.05) is 7.05 Å². The van der Waals surface area contributed by atoms with Crippen LogP contribution in [0, 0.1) is 0 Å². The van der Waals surface area contributed by atoms with Crippen molar-refractivity contribution in [2.24, 2.45) is 7.05 Å². The van der Waals surface area contributed by atoms with E-state index in [0.717, 1.165) is 42.2 Å². The first kappa shape index (κ1) is 12.5. The van der Waals surface area contributed by atoms with Crippen molar-refractivity contribution >= 4 is 5.82 Å². The molecule has 6 heteroatoms. The van der Waals surface area contributed by atoms with Gasteiger partial charge in [-0.3, -0.25) is 0 Å². The highest BCUT2D eigenvalue weighted by molar-refractivity contribution is 5.64. The lowest BCUT2D eigenvalue weighted by Gasteiger charge is -2.12. The summed E-state index contributed by atoms with van der Waals surface area (Å²) in [6.45, 7) is 5.05. The van der Waals surface area contributed by atoms with Gasteiger partial charge in [0, 0.05) is 19.2 Å². The minimum Gasteiger partial charge on any atom is -0.370 e. The molecule has 0 bridgehead atoms. The van der Waals surface area contributed by atoms with Gasteiger partial charge in [0.2, 0.25) is 0 Å². The zero-order chi connectivity index (χ0) is 13.0. The third-order valence-corrected chi connectivity index (χ3v) is 2.75. The van der Waals surface area contributed by atoms with Crippen molar-refractivity contribution in [2.75, 3.05) is 11.9 Å². The molecule has 0 aliphatic heterocycles. The van der Waals surface area contributed by atoms with Gasteiger partial charge >= 0.3 is 0 Å². The largest absolute Gasteiger partial charge is 0.370 e. The van der Waals surface area contributed by atoms with Gasteiger partial charge < -0.3 is 5.32 Å². The summed E-state index contributed by atoms with van der Waals surface area (Å²) in [6.07, 6.45) is 5.30. The molecule has 0 spiro atoms. The minimum absolute atomic E-state index is 0.844. The Bertz CT molecular complexity index is 519. The second kappa shape index (κ2) is 5.57. The molecule has 18 heavy (non-hydrogen) atoms. The highest BCUT2D eigenvalue weighted by Gasteiger charge is 2.14. The number of anilines is 1. The molecule has 1 N–H and O–H groups in total. The van der Waals surface area contributed by atoms with Gasteiger partial charge in [-0.2, -0.15) is 0 Å². The summed E-state index contributed by atoms with van der Waals surface area (Å²) in [4.78, 5) is 8.71. The highest BCUT2D eigenvalue weighted by Crippen LogP contribution is 2.25. The van der Waals surface area contributed by atoms with E-state index in [-0.39, 0.29) is 0 Å². The number of nitrogens with zero attached hydrogens (tertiary/aromatic N) is 5. The van der Waals surface area contributed by atoms with Crippen LogP contribution in [0.25, 0.3) is 11.4 Å². The molecule has 2 heterocycles. The molecule has 6 nitrogen and oxygen atoms in total. The number of rotatable bonds is 5. The van der Waals surface area contributed by atoms with Gasteiger partial charge in [-0.1, -0.05) is 18.6 Å². The molecule has 0 aliphatic rings. The fourth-order valence-corrected chi connectivity index (χ4v) is 1.94. The summed E-state index contributed by atoms with van der Waals surface area (Å²) in [5, 5.41) is 11.1. The van der Waals surface area contributed by atoms with Crippen molar-refractivity contribution in [3.05, 3.63) is 18.1 Å². The Morgan fingerprint density at radius 1 is 1.28 bits per heavy atom. The van der Waals surface area contributed by atoms with Gasteiger partial charge in [-0.15, -0.1) is 5.10 Å². The van der Waals surface area contributed by atoms with Crippen molar-refractivity contribution in [1.82, 2.24) is 25.0 Å². The molecule has 0 aromatic carbocycles. The van der Waals surface area contributed by atoms with E-state index in [2.05, 4.69) is 39.4 Å². The molecular weight excluding hydrogens is 228 g/mol. The molecular formula is C12H18N6. The molecule has 0 unspecified atom stereocenters. The van der Waals surface area contributed by atoms with Crippen LogP contribution in [0.5, 0.6) is 0 Å². The quantitative estimate of drug-likeness (QED) is 0.868. The van der Waals surface area contributed by atoms with Crippen molar-refractivity contribution < 1.29 is 0 Å². The molecule has 0 amide bonds. The highest BCUT2D eigenvalue weighted by atomic mass is 15.4. The molecule has 2 aromatic heterocycles. The lowest BCUT2D eigenvalue weighted by atomic mass is 10.1. The topological polar surface area (TPSA) is 68.5 Å². The zero-order valence-electron chi connectivity index (χ0n) is 11.0. The molecule has 0 aliphatic carbocycles. The van der Waals surface area contributed by atoms with Crippen LogP contribution in [0.4, 0.5) is 5.82 Å². The number of hydrogen-bond acceptors (Lipinski definition) is 5. The first-order valence-corrected chi connectivity index (χ1v) is 6.20. The van der Waals surface area contributed by atoms with Crippen LogP contribution in [0.3, 0.4) is 0 Å². The Hall–Kier alpha value is -1.98. The van der Waals surface area contributed by atoms with Gasteiger partial charge in [0.25, 0.3) is 0 Å². The second-order valence-electron chi connectivity index (χ2n) is 4.07. The fourth-order valence-electron chi connectivity index (χ4n) is 1.94. The number of aromatic nitrogens is 5. The van der Waals surface area contributed by atoms with Crippen LogP contribution in [0.2, 0.25) is 0 Å². The van der Waals surface area contributed by atoms with Crippen LogP contribution in [0.15, 0.2) is 12.5 Å². The van der Waals surface area contributed by atoms with E-state index in [4.69, 9.17) is 0 Å². The SMILES string of the molecule is CCCc1c(NCC)ncnc1-c1cnnn1C.